The summed E-state index contributed by atoms with van der Waals surface area (Å²) in [7, 11) is 0. The fourth-order valence-electron chi connectivity index (χ4n) is 7.36. The van der Waals surface area contributed by atoms with Crippen LogP contribution in [0.3, 0.4) is 0 Å². The molecule has 0 fully saturated rings. The van der Waals surface area contributed by atoms with Gasteiger partial charge in [0.2, 0.25) is 0 Å². The van der Waals surface area contributed by atoms with Gasteiger partial charge in [0.25, 0.3) is 0 Å². The molecule has 41 heavy (non-hydrogen) atoms. The molecule has 2 aliphatic rings. The molecule has 1 unspecified atom stereocenters. The van der Waals surface area contributed by atoms with Gasteiger partial charge in [0.1, 0.15) is 0 Å². The Morgan fingerprint density at radius 3 is 2.15 bits per heavy atom. The monoisotopic (exact) mass is 528 g/mol. The van der Waals surface area contributed by atoms with Gasteiger partial charge in [0, 0.05) is 11.0 Å². The van der Waals surface area contributed by atoms with Crippen molar-refractivity contribution in [3.05, 3.63) is 143 Å². The highest BCUT2D eigenvalue weighted by molar-refractivity contribution is 5.95. The van der Waals surface area contributed by atoms with Gasteiger partial charge in [-0.25, -0.2) is 9.97 Å². The molecule has 2 aliphatic carbocycles. The number of hydrogen-bond acceptors (Lipinski definition) is 2. The summed E-state index contributed by atoms with van der Waals surface area (Å²) in [5.41, 5.74) is 16.5. The van der Waals surface area contributed by atoms with E-state index in [1.54, 1.807) is 0 Å². The number of aryl methyl sites for hydroxylation is 1. The Bertz CT molecular complexity index is 1950. The van der Waals surface area contributed by atoms with Gasteiger partial charge in [0.15, 0.2) is 0 Å². The Kier molecular flexibility index (Phi) is 5.47. The van der Waals surface area contributed by atoms with Gasteiger partial charge < -0.3 is 0 Å². The molecule has 0 spiro atoms. The molecule has 1 heterocycles. The molecule has 198 valence electrons. The van der Waals surface area contributed by atoms with E-state index in [2.05, 4.69) is 123 Å². The van der Waals surface area contributed by atoms with Gasteiger partial charge in [-0.15, -0.1) is 0 Å². The van der Waals surface area contributed by atoms with Crippen LogP contribution in [-0.4, -0.2) is 9.97 Å². The maximum atomic E-state index is 5.27. The highest BCUT2D eigenvalue weighted by atomic mass is 14.8. The molecule has 1 atom stereocenters. The lowest BCUT2D eigenvalue weighted by Gasteiger charge is -2.25. The van der Waals surface area contributed by atoms with Crippen molar-refractivity contribution in [1.29, 1.82) is 0 Å². The second-order valence-corrected chi connectivity index (χ2v) is 12.1. The first-order chi connectivity index (χ1) is 20.1. The molecule has 0 saturated heterocycles. The number of fused-ring (bicyclic) bond motifs is 8. The quantitative estimate of drug-likeness (QED) is 0.229. The van der Waals surface area contributed by atoms with Gasteiger partial charge in [-0.3, -0.25) is 0 Å². The molecule has 0 amide bonds. The van der Waals surface area contributed by atoms with Crippen molar-refractivity contribution in [3.63, 3.8) is 0 Å². The maximum absolute atomic E-state index is 5.27. The van der Waals surface area contributed by atoms with Crippen molar-refractivity contribution in [2.45, 2.75) is 44.4 Å². The third kappa shape index (κ3) is 3.78. The first-order valence-electron chi connectivity index (χ1n) is 14.8. The van der Waals surface area contributed by atoms with Crippen LogP contribution in [0, 0.1) is 0 Å². The third-order valence-corrected chi connectivity index (χ3v) is 9.40. The highest BCUT2D eigenvalue weighted by Crippen LogP contribution is 2.55. The lowest BCUT2D eigenvalue weighted by atomic mass is 9.79. The Morgan fingerprint density at radius 1 is 0.634 bits per heavy atom. The number of rotatable bonds is 3. The molecule has 5 aromatic carbocycles. The van der Waals surface area contributed by atoms with Gasteiger partial charge in [-0.2, -0.15) is 0 Å². The minimum atomic E-state index is -0.0258. The topological polar surface area (TPSA) is 25.8 Å². The molecule has 6 aromatic rings. The van der Waals surface area contributed by atoms with E-state index in [9.17, 15) is 0 Å². The highest BCUT2D eigenvalue weighted by Gasteiger charge is 2.39. The summed E-state index contributed by atoms with van der Waals surface area (Å²) >= 11 is 0. The molecule has 0 bridgehead atoms. The summed E-state index contributed by atoms with van der Waals surface area (Å²) < 4.78 is 0. The summed E-state index contributed by atoms with van der Waals surface area (Å²) in [5.74, 6) is 0.330. The van der Waals surface area contributed by atoms with E-state index >= 15 is 0 Å². The molecule has 2 heteroatoms. The van der Waals surface area contributed by atoms with E-state index in [1.807, 2.05) is 6.07 Å². The summed E-state index contributed by atoms with van der Waals surface area (Å²) in [6, 6.07) is 41.8. The van der Waals surface area contributed by atoms with E-state index in [4.69, 9.17) is 9.97 Å². The molecule has 0 radical (unpaired) electrons. The number of benzene rings is 5. The first kappa shape index (κ1) is 24.3. The van der Waals surface area contributed by atoms with Crippen LogP contribution in [0.2, 0.25) is 0 Å². The zero-order chi connectivity index (χ0) is 27.6. The van der Waals surface area contributed by atoms with Crippen LogP contribution in [-0.2, 0) is 18.3 Å². The van der Waals surface area contributed by atoms with E-state index in [-0.39, 0.29) is 5.41 Å². The number of para-hydroxylation sites is 2. The second-order valence-electron chi connectivity index (χ2n) is 12.1. The van der Waals surface area contributed by atoms with Crippen LogP contribution in [0.15, 0.2) is 115 Å². The smallest absolute Gasteiger partial charge is 0.0925 e. The number of hydrogen-bond donors (Lipinski definition) is 0. The predicted octanol–water partition coefficient (Wildman–Crippen LogP) is 9.54. The van der Waals surface area contributed by atoms with Crippen LogP contribution in [0.4, 0.5) is 0 Å². The van der Waals surface area contributed by atoms with Gasteiger partial charge in [-0.05, 0) is 81.8 Å². The predicted molar refractivity (Wildman–Crippen MR) is 169 cm³/mol. The van der Waals surface area contributed by atoms with E-state index in [0.29, 0.717) is 5.92 Å². The normalized spacial score (nSPS) is 16.4. The van der Waals surface area contributed by atoms with Crippen molar-refractivity contribution in [1.82, 2.24) is 9.97 Å². The molecule has 0 aliphatic heterocycles. The Morgan fingerprint density at radius 2 is 1.32 bits per heavy atom. The minimum absolute atomic E-state index is 0.0258. The molecular formula is C39H32N2. The van der Waals surface area contributed by atoms with Crippen molar-refractivity contribution in [3.8, 4) is 33.5 Å². The van der Waals surface area contributed by atoms with Crippen molar-refractivity contribution >= 4 is 11.0 Å². The van der Waals surface area contributed by atoms with Crippen molar-refractivity contribution in [2.75, 3.05) is 0 Å². The fraction of sp³-hybridized carbons (Fsp3) is 0.179. The third-order valence-electron chi connectivity index (χ3n) is 9.40. The van der Waals surface area contributed by atoms with Crippen molar-refractivity contribution in [2.24, 2.45) is 0 Å². The van der Waals surface area contributed by atoms with Gasteiger partial charge in [0.05, 0.1) is 22.4 Å². The minimum Gasteiger partial charge on any atom is -0.249 e. The average molecular weight is 529 g/mol. The molecular weight excluding hydrogens is 496 g/mol. The molecule has 0 saturated carbocycles. The first-order valence-corrected chi connectivity index (χ1v) is 14.8. The molecule has 1 aromatic heterocycles. The summed E-state index contributed by atoms with van der Waals surface area (Å²) in [6.07, 6.45) is 2.99. The van der Waals surface area contributed by atoms with E-state index < -0.39 is 0 Å². The molecule has 2 nitrogen and oxygen atoms in total. The second kappa shape index (κ2) is 9.24. The van der Waals surface area contributed by atoms with Crippen LogP contribution >= 0.6 is 0 Å². The SMILES string of the molecule is CC1(C)c2ccccc2-c2c1ccc1c2-c2ccccc2CCC1Cc1nc2ccccc2nc1-c1ccccc1. The molecule has 0 N–H and O–H groups in total. The standard InChI is InChI=1S/C39H32N2/c1-39(2)31-17-9-8-16-30(31)37-32(39)23-22-29-27(21-20-25-12-6-7-15-28(25)36(29)37)24-35-38(26-13-4-3-5-14-26)41-34-19-11-10-18-33(34)40-35/h3-19,22-23,27H,20-21,24H2,1-2H3. The number of aromatic nitrogens is 2. The van der Waals surface area contributed by atoms with E-state index in [1.165, 1.54) is 44.5 Å². The van der Waals surface area contributed by atoms with Gasteiger partial charge >= 0.3 is 0 Å². The lowest BCUT2D eigenvalue weighted by Crippen LogP contribution is -2.15. The maximum Gasteiger partial charge on any atom is 0.0925 e. The van der Waals surface area contributed by atoms with E-state index in [0.717, 1.165) is 47.2 Å². The summed E-state index contributed by atoms with van der Waals surface area (Å²) in [6.45, 7) is 4.75. The van der Waals surface area contributed by atoms with Gasteiger partial charge in [-0.1, -0.05) is 117 Å². The Hall–Kier alpha value is -4.56. The lowest BCUT2D eigenvalue weighted by molar-refractivity contribution is 0.619. The zero-order valence-electron chi connectivity index (χ0n) is 23.6. The Balaban J connectivity index is 1.35. The summed E-state index contributed by atoms with van der Waals surface area (Å²) in [5, 5.41) is 0. The largest absolute Gasteiger partial charge is 0.249 e. The number of nitrogens with zero attached hydrogens (tertiary/aromatic N) is 2. The van der Waals surface area contributed by atoms with Crippen molar-refractivity contribution < 1.29 is 0 Å². The van der Waals surface area contributed by atoms with Crippen LogP contribution in [0.1, 0.15) is 54.1 Å². The van der Waals surface area contributed by atoms with Crippen LogP contribution in [0.25, 0.3) is 44.5 Å². The average Bonchev–Trinajstić information content (AvgIpc) is 3.14. The Labute approximate surface area is 241 Å². The summed E-state index contributed by atoms with van der Waals surface area (Å²) in [4.78, 5) is 10.4. The zero-order valence-corrected chi connectivity index (χ0v) is 23.6. The van der Waals surface area contributed by atoms with Crippen LogP contribution < -0.4 is 0 Å². The fourth-order valence-corrected chi connectivity index (χ4v) is 7.36. The molecule has 8 rings (SSSR count). The van der Waals surface area contributed by atoms with Crippen LogP contribution in [0.5, 0.6) is 0 Å².